The van der Waals surface area contributed by atoms with Crippen LogP contribution in [0.2, 0.25) is 29.7 Å². The molecule has 0 atom stereocenters. The van der Waals surface area contributed by atoms with Gasteiger partial charge in [-0.1, -0.05) is 37.7 Å². The number of nitrogens with zero attached hydrogens (tertiary/aromatic N) is 2. The number of hydrogen-bond acceptors (Lipinski definition) is 3. The fraction of sp³-hybridized carbons (Fsp3) is 0.500. The Morgan fingerprint density at radius 2 is 1.91 bits per heavy atom. The van der Waals surface area contributed by atoms with E-state index in [2.05, 4.69) is 40.5 Å². The Kier molecular flexibility index (Phi) is 5.40. The lowest BCUT2D eigenvalue weighted by molar-refractivity contribution is -0.121. The number of H-pyrrole nitrogens is 1. The van der Waals surface area contributed by atoms with Crippen molar-refractivity contribution in [2.45, 2.75) is 69.9 Å². The van der Waals surface area contributed by atoms with Crippen molar-refractivity contribution in [3.8, 4) is 0 Å². The summed E-state index contributed by atoms with van der Waals surface area (Å²) in [6.45, 7) is 10.7. The number of halogens is 2. The Morgan fingerprint density at radius 1 is 1.22 bits per heavy atom. The lowest BCUT2D eigenvalue weighted by Gasteiger charge is -2.48. The number of rotatable bonds is 4. The highest BCUT2D eigenvalue weighted by atomic mass is 35.5. The van der Waals surface area contributed by atoms with E-state index >= 15 is 0 Å². The molecule has 3 N–H and O–H groups in total. The summed E-state index contributed by atoms with van der Waals surface area (Å²) in [5.74, 6) is -0.0733. The molecule has 7 nitrogen and oxygen atoms in total. The predicted octanol–water partition coefficient (Wildman–Crippen LogP) is 5.69. The van der Waals surface area contributed by atoms with Crippen LogP contribution in [0.3, 0.4) is 0 Å². The zero-order valence-electron chi connectivity index (χ0n) is 19.0. The van der Waals surface area contributed by atoms with Gasteiger partial charge in [-0.3, -0.25) is 9.89 Å². The molecule has 1 saturated carbocycles. The third-order valence-corrected chi connectivity index (χ3v) is 11.0. The van der Waals surface area contributed by atoms with Crippen LogP contribution < -0.4 is 10.6 Å². The second kappa shape index (κ2) is 7.59. The summed E-state index contributed by atoms with van der Waals surface area (Å²) in [5, 5.41) is 13.1. The largest absolute Gasteiger partial charge is 0.323 e. The summed E-state index contributed by atoms with van der Waals surface area (Å²) in [4.78, 5) is 27.9. The molecule has 1 aliphatic carbocycles. The third kappa shape index (κ3) is 3.51. The number of nitrogens with one attached hydrogen (secondary N) is 3. The zero-order valence-corrected chi connectivity index (χ0v) is 20.8. The summed E-state index contributed by atoms with van der Waals surface area (Å²) in [6.07, 6.45) is 2.89. The molecule has 1 aliphatic heterocycles. The van der Waals surface area contributed by atoms with Gasteiger partial charge in [0.05, 0.1) is 31.5 Å². The highest BCUT2D eigenvalue weighted by Crippen LogP contribution is 2.56. The SMILES string of the molecule is CC1(C)c2[nH]nc(NC(=O)C3([Si](C)(C)C)CCC3)c2CN1C(=O)Nc1cc(Cl)ccc1F. The maximum Gasteiger partial charge on any atom is 0.323 e. The Bertz CT molecular complexity index is 1090. The van der Waals surface area contributed by atoms with E-state index in [4.69, 9.17) is 11.6 Å². The molecule has 1 aromatic heterocycles. The normalized spacial score (nSPS) is 18.7. The van der Waals surface area contributed by atoms with Gasteiger partial charge in [-0.25, -0.2) is 9.18 Å². The quantitative estimate of drug-likeness (QED) is 0.494. The Balaban J connectivity index is 1.55. The Morgan fingerprint density at radius 3 is 2.50 bits per heavy atom. The van der Waals surface area contributed by atoms with Gasteiger partial charge in [0, 0.05) is 15.6 Å². The number of aromatic amines is 1. The van der Waals surface area contributed by atoms with Gasteiger partial charge in [-0.15, -0.1) is 0 Å². The van der Waals surface area contributed by atoms with Crippen LogP contribution in [0.5, 0.6) is 0 Å². The lowest BCUT2D eigenvalue weighted by atomic mass is 9.83. The van der Waals surface area contributed by atoms with Crippen molar-refractivity contribution in [3.63, 3.8) is 0 Å². The van der Waals surface area contributed by atoms with Gasteiger partial charge in [-0.2, -0.15) is 5.10 Å². The van der Waals surface area contributed by atoms with Crippen molar-refractivity contribution in [2.24, 2.45) is 0 Å². The summed E-state index contributed by atoms with van der Waals surface area (Å²) in [5.41, 5.74) is 0.819. The van der Waals surface area contributed by atoms with Crippen LogP contribution >= 0.6 is 11.6 Å². The van der Waals surface area contributed by atoms with Gasteiger partial charge in [0.25, 0.3) is 0 Å². The number of hydrogen-bond donors (Lipinski definition) is 3. The molecule has 2 heterocycles. The monoisotopic (exact) mass is 477 g/mol. The summed E-state index contributed by atoms with van der Waals surface area (Å²) < 4.78 is 14.1. The first kappa shape index (κ1) is 22.8. The molecule has 0 saturated heterocycles. The molecule has 3 amide bonds. The Hall–Kier alpha value is -2.39. The lowest BCUT2D eigenvalue weighted by Crippen LogP contribution is -2.52. The Labute approximate surface area is 193 Å². The van der Waals surface area contributed by atoms with Crippen LogP contribution in [-0.2, 0) is 16.9 Å². The van der Waals surface area contributed by atoms with E-state index in [1.54, 1.807) is 4.90 Å². The van der Waals surface area contributed by atoms with Crippen LogP contribution in [0.4, 0.5) is 20.7 Å². The summed E-state index contributed by atoms with van der Waals surface area (Å²) >= 11 is 5.94. The van der Waals surface area contributed by atoms with Crippen LogP contribution in [-0.4, -0.2) is 35.1 Å². The number of carbonyl (C=O) groups is 2. The first-order chi connectivity index (χ1) is 14.9. The van der Waals surface area contributed by atoms with Gasteiger partial charge >= 0.3 is 6.03 Å². The molecule has 2 aliphatic rings. The topological polar surface area (TPSA) is 90.1 Å². The summed E-state index contributed by atoms with van der Waals surface area (Å²) in [7, 11) is -1.73. The number of aromatic nitrogens is 2. The fourth-order valence-electron chi connectivity index (χ4n) is 4.80. The van der Waals surface area contributed by atoms with Gasteiger partial charge in [0.15, 0.2) is 5.82 Å². The van der Waals surface area contributed by atoms with Crippen molar-refractivity contribution in [2.75, 3.05) is 10.6 Å². The maximum atomic E-state index is 14.1. The van der Waals surface area contributed by atoms with Crippen molar-refractivity contribution in [1.29, 1.82) is 0 Å². The van der Waals surface area contributed by atoms with Crippen LogP contribution in [0.1, 0.15) is 44.4 Å². The first-order valence-electron chi connectivity index (χ1n) is 10.8. The fourth-order valence-corrected chi connectivity index (χ4v) is 7.57. The molecule has 2 aromatic rings. The average molecular weight is 478 g/mol. The van der Waals surface area contributed by atoms with Gasteiger partial charge in [0.2, 0.25) is 5.91 Å². The smallest absolute Gasteiger partial charge is 0.309 e. The minimum Gasteiger partial charge on any atom is -0.309 e. The number of carbonyl (C=O) groups excluding carboxylic acids is 2. The standard InChI is InChI=1S/C22H29ClFN5O2Si/c1-21(2)17-14(12-29(21)20(31)25-16-11-13(23)7-8-15(16)24)18(28-27-17)26-19(30)22(9-6-10-22)32(3,4)5/h7-8,11H,6,9-10,12H2,1-5H3,(H,25,31)(H2,26,27,28,30). The number of anilines is 2. The van der Waals surface area contributed by atoms with E-state index in [1.165, 1.54) is 18.2 Å². The van der Waals surface area contributed by atoms with Crippen LogP contribution in [0, 0.1) is 5.82 Å². The molecule has 1 aromatic carbocycles. The molecule has 4 rings (SSSR count). The van der Waals surface area contributed by atoms with Crippen molar-refractivity contribution >= 4 is 43.1 Å². The van der Waals surface area contributed by atoms with E-state index in [9.17, 15) is 14.0 Å². The maximum absolute atomic E-state index is 14.1. The number of benzene rings is 1. The van der Waals surface area contributed by atoms with Crippen LogP contribution in [0.15, 0.2) is 18.2 Å². The van der Waals surface area contributed by atoms with Gasteiger partial charge in [0.1, 0.15) is 5.82 Å². The van der Waals surface area contributed by atoms with Crippen molar-refractivity contribution in [1.82, 2.24) is 15.1 Å². The second-order valence-corrected chi connectivity index (χ2v) is 16.2. The first-order valence-corrected chi connectivity index (χ1v) is 14.7. The molecule has 0 radical (unpaired) electrons. The number of amides is 3. The van der Waals surface area contributed by atoms with Crippen molar-refractivity contribution in [3.05, 3.63) is 40.3 Å². The molecule has 1 fully saturated rings. The minimum atomic E-state index is -1.73. The van der Waals surface area contributed by atoms with E-state index in [-0.39, 0.29) is 23.2 Å². The minimum absolute atomic E-state index is 0.0163. The molecule has 10 heteroatoms. The van der Waals surface area contributed by atoms with E-state index in [1.807, 2.05) is 13.8 Å². The molecule has 32 heavy (non-hydrogen) atoms. The number of urea groups is 1. The molecule has 0 spiro atoms. The van der Waals surface area contributed by atoms with Gasteiger partial charge in [-0.05, 0) is 44.9 Å². The van der Waals surface area contributed by atoms with E-state index < -0.39 is 25.5 Å². The van der Waals surface area contributed by atoms with E-state index in [0.717, 1.165) is 30.5 Å². The molecular weight excluding hydrogens is 449 g/mol. The highest BCUT2D eigenvalue weighted by molar-refractivity contribution is 6.83. The van der Waals surface area contributed by atoms with Gasteiger partial charge < -0.3 is 15.5 Å². The molecular formula is C22H29ClFN5O2Si. The third-order valence-electron chi connectivity index (χ3n) is 7.19. The highest BCUT2D eigenvalue weighted by Gasteiger charge is 2.54. The summed E-state index contributed by atoms with van der Waals surface area (Å²) in [6, 6.07) is 3.55. The molecule has 0 bridgehead atoms. The second-order valence-electron chi connectivity index (χ2n) is 10.3. The molecule has 0 unspecified atom stereocenters. The zero-order chi connectivity index (χ0) is 23.5. The van der Waals surface area contributed by atoms with Crippen molar-refractivity contribution < 1.29 is 14.0 Å². The number of fused-ring (bicyclic) bond motifs is 1. The molecule has 172 valence electrons. The average Bonchev–Trinajstić information content (AvgIpc) is 3.14. The predicted molar refractivity (Wildman–Crippen MR) is 126 cm³/mol. The van der Waals surface area contributed by atoms with Crippen LogP contribution in [0.25, 0.3) is 0 Å². The van der Waals surface area contributed by atoms with E-state index in [0.29, 0.717) is 10.8 Å².